The maximum atomic E-state index is 5.18. The van der Waals surface area contributed by atoms with Crippen molar-refractivity contribution in [2.24, 2.45) is 7.05 Å². The minimum atomic E-state index is -3.05. The molecule has 8 aromatic carbocycles. The number of hydrogen-bond acceptors (Lipinski definition) is 3. The summed E-state index contributed by atoms with van der Waals surface area (Å²) in [5, 5.41) is 7.68. The van der Waals surface area contributed by atoms with Gasteiger partial charge >= 0.3 is 0 Å². The van der Waals surface area contributed by atoms with Crippen molar-refractivity contribution in [3.05, 3.63) is 230 Å². The molecule has 306 valence electrons. The Kier molecular flexibility index (Phi) is 8.68. The van der Waals surface area contributed by atoms with Gasteiger partial charge in [-0.2, -0.15) is 0 Å². The van der Waals surface area contributed by atoms with Crippen LogP contribution in [0.1, 0.15) is 25.0 Å². The monoisotopic (exact) mass is 839 g/mol. The van der Waals surface area contributed by atoms with Gasteiger partial charge in [0.1, 0.15) is 11.6 Å². The molecule has 12 rings (SSSR count). The molecule has 0 spiro atoms. The Morgan fingerprint density at radius 1 is 0.500 bits per heavy atom. The summed E-state index contributed by atoms with van der Waals surface area (Å²) in [6, 6.07) is 78.0. The maximum absolute atomic E-state index is 5.18. The zero-order valence-electron chi connectivity index (χ0n) is 36.0. The van der Waals surface area contributed by atoms with E-state index in [1.807, 2.05) is 12.3 Å². The molecule has 3 aromatic heterocycles. The minimum absolute atomic E-state index is 0.318. The van der Waals surface area contributed by atoms with Gasteiger partial charge in [0.25, 0.3) is 0 Å². The largest absolute Gasteiger partial charge is 0.327 e. The minimum Gasteiger partial charge on any atom is -0.327 e. The standard InChI is InChI=1S/C58H45N5Si/c1-58(2)47-28-13-15-30-49(47)62(41-21-7-4-8-22-41)52-36-35-51-55(56(52)58)46-34-33-45(39-53(46)63(51)54-32-17-18-37-59-54)64(42-23-9-5-10-24-42,43-25-11-6-12-26-43)44-27-19-20-40(38-44)57-60-48-29-14-16-31-50(48)61(57)3/h4-39H,1-3H3. The van der Waals surface area contributed by atoms with Gasteiger partial charge in [-0.15, -0.1) is 0 Å². The molecule has 0 amide bonds. The Hall–Kier alpha value is -7.80. The first-order chi connectivity index (χ1) is 31.4. The van der Waals surface area contributed by atoms with Crippen LogP contribution in [0, 0.1) is 0 Å². The number of nitrogens with zero attached hydrogens (tertiary/aromatic N) is 5. The van der Waals surface area contributed by atoms with Crippen molar-refractivity contribution in [1.82, 2.24) is 19.1 Å². The Morgan fingerprint density at radius 3 is 1.89 bits per heavy atom. The van der Waals surface area contributed by atoms with Gasteiger partial charge in [-0.25, -0.2) is 9.97 Å². The Labute approximate surface area is 374 Å². The Balaban J connectivity index is 1.19. The smallest absolute Gasteiger partial charge is 0.179 e. The molecule has 5 nitrogen and oxygen atoms in total. The fraction of sp³-hybridized carbons (Fsp3) is 0.0690. The van der Waals surface area contributed by atoms with Gasteiger partial charge in [-0.1, -0.05) is 166 Å². The summed E-state index contributed by atoms with van der Waals surface area (Å²) in [6.07, 6.45) is 1.91. The summed E-state index contributed by atoms with van der Waals surface area (Å²) in [7, 11) is -0.926. The van der Waals surface area contributed by atoms with Gasteiger partial charge in [0.15, 0.2) is 8.07 Å². The molecule has 0 bridgehead atoms. The van der Waals surface area contributed by atoms with Gasteiger partial charge in [0.05, 0.1) is 33.4 Å². The van der Waals surface area contributed by atoms with Crippen molar-refractivity contribution in [2.45, 2.75) is 19.3 Å². The normalized spacial score (nSPS) is 13.3. The molecule has 0 unspecified atom stereocenters. The third-order valence-corrected chi connectivity index (χ3v) is 18.4. The summed E-state index contributed by atoms with van der Waals surface area (Å²) in [5.41, 5.74) is 11.3. The molecule has 1 aliphatic rings. The van der Waals surface area contributed by atoms with E-state index >= 15 is 0 Å². The van der Waals surface area contributed by atoms with E-state index in [1.54, 1.807) is 0 Å². The molecular weight excluding hydrogens is 795 g/mol. The van der Waals surface area contributed by atoms with Crippen LogP contribution < -0.4 is 25.6 Å². The van der Waals surface area contributed by atoms with E-state index in [-0.39, 0.29) is 5.41 Å². The second-order valence-corrected chi connectivity index (χ2v) is 21.3. The van der Waals surface area contributed by atoms with Crippen LogP contribution in [0.2, 0.25) is 0 Å². The quantitative estimate of drug-likeness (QED) is 0.119. The molecular formula is C58H45N5Si. The number of imidazole rings is 1. The van der Waals surface area contributed by atoms with Crippen molar-refractivity contribution in [1.29, 1.82) is 0 Å². The molecule has 0 radical (unpaired) electrons. The fourth-order valence-corrected chi connectivity index (χ4v) is 15.7. The highest BCUT2D eigenvalue weighted by atomic mass is 28.3. The average Bonchev–Trinajstić information content (AvgIpc) is 3.87. The molecule has 0 N–H and O–H groups in total. The molecule has 4 heterocycles. The van der Waals surface area contributed by atoms with Crippen molar-refractivity contribution in [3.63, 3.8) is 0 Å². The van der Waals surface area contributed by atoms with Gasteiger partial charge in [-0.05, 0) is 92.5 Å². The van der Waals surface area contributed by atoms with Crippen molar-refractivity contribution in [2.75, 3.05) is 4.90 Å². The molecule has 6 heteroatoms. The lowest BCUT2D eigenvalue weighted by molar-refractivity contribution is 0.638. The Morgan fingerprint density at radius 2 is 1.16 bits per heavy atom. The maximum Gasteiger partial charge on any atom is 0.179 e. The number of pyridine rings is 1. The first kappa shape index (κ1) is 37.9. The van der Waals surface area contributed by atoms with Crippen LogP contribution in [-0.2, 0) is 12.5 Å². The first-order valence-electron chi connectivity index (χ1n) is 22.1. The lowest BCUT2D eigenvalue weighted by Gasteiger charge is -2.42. The number of rotatable bonds is 7. The zero-order valence-corrected chi connectivity index (χ0v) is 37.0. The third kappa shape index (κ3) is 5.55. The number of benzene rings is 8. The highest BCUT2D eigenvalue weighted by molar-refractivity contribution is 7.20. The Bertz CT molecular complexity index is 3500. The lowest BCUT2D eigenvalue weighted by atomic mass is 9.72. The zero-order chi connectivity index (χ0) is 43.0. The van der Waals surface area contributed by atoms with Gasteiger partial charge in [0, 0.05) is 40.7 Å². The summed E-state index contributed by atoms with van der Waals surface area (Å²) in [5.74, 6) is 1.85. The molecule has 11 aromatic rings. The van der Waals surface area contributed by atoms with Gasteiger partial charge in [0.2, 0.25) is 0 Å². The van der Waals surface area contributed by atoms with E-state index in [0.29, 0.717) is 0 Å². The van der Waals surface area contributed by atoms with E-state index < -0.39 is 8.07 Å². The predicted octanol–water partition coefficient (Wildman–Crippen LogP) is 11.2. The number of para-hydroxylation sites is 4. The summed E-state index contributed by atoms with van der Waals surface area (Å²) in [6.45, 7) is 4.79. The van der Waals surface area contributed by atoms with E-state index in [2.05, 4.69) is 241 Å². The second-order valence-electron chi connectivity index (χ2n) is 17.5. The fourth-order valence-electron chi connectivity index (χ4n) is 10.9. The van der Waals surface area contributed by atoms with Crippen molar-refractivity contribution < 1.29 is 0 Å². The number of hydrogen-bond donors (Lipinski definition) is 0. The molecule has 0 saturated heterocycles. The van der Waals surface area contributed by atoms with Crippen LogP contribution in [0.15, 0.2) is 219 Å². The van der Waals surface area contributed by atoms with E-state index in [9.17, 15) is 0 Å². The van der Waals surface area contributed by atoms with Crippen LogP contribution in [0.3, 0.4) is 0 Å². The van der Waals surface area contributed by atoms with E-state index in [4.69, 9.17) is 9.97 Å². The molecule has 0 aliphatic carbocycles. The molecule has 0 fully saturated rings. The lowest BCUT2D eigenvalue weighted by Crippen LogP contribution is -2.74. The van der Waals surface area contributed by atoms with Crippen molar-refractivity contribution >= 4 is 78.7 Å². The summed E-state index contributed by atoms with van der Waals surface area (Å²) < 4.78 is 4.63. The van der Waals surface area contributed by atoms with Crippen LogP contribution in [0.4, 0.5) is 17.1 Å². The molecule has 64 heavy (non-hydrogen) atoms. The van der Waals surface area contributed by atoms with Crippen molar-refractivity contribution in [3.8, 4) is 17.2 Å². The van der Waals surface area contributed by atoms with Crippen LogP contribution >= 0.6 is 0 Å². The summed E-state index contributed by atoms with van der Waals surface area (Å²) in [4.78, 5) is 12.7. The third-order valence-electron chi connectivity index (χ3n) is 13.7. The second kappa shape index (κ2) is 14.7. The topological polar surface area (TPSA) is 38.9 Å². The highest BCUT2D eigenvalue weighted by Crippen LogP contribution is 2.55. The van der Waals surface area contributed by atoms with E-state index in [0.717, 1.165) is 45.0 Å². The number of aromatic nitrogens is 4. The molecule has 0 atom stereocenters. The van der Waals surface area contributed by atoms with Gasteiger partial charge in [-0.3, -0.25) is 4.57 Å². The first-order valence-corrected chi connectivity index (χ1v) is 24.1. The van der Waals surface area contributed by atoms with Crippen LogP contribution in [0.25, 0.3) is 50.0 Å². The van der Waals surface area contributed by atoms with Crippen LogP contribution in [-0.4, -0.2) is 27.2 Å². The SMILES string of the molecule is Cn1c(-c2cccc([Si](c3ccccc3)(c3ccccc3)c3ccc4c5c6c(ccc5n(-c5ccccn5)c4c3)N(c3ccccc3)c3ccccc3C6(C)C)c2)nc2ccccc21. The molecule has 0 saturated carbocycles. The average molecular weight is 840 g/mol. The number of anilines is 3. The highest BCUT2D eigenvalue weighted by Gasteiger charge is 2.43. The molecule has 1 aliphatic heterocycles. The number of fused-ring (bicyclic) bond motifs is 7. The number of aryl methyl sites for hydroxylation is 1. The summed E-state index contributed by atoms with van der Waals surface area (Å²) >= 11 is 0. The van der Waals surface area contributed by atoms with E-state index in [1.165, 1.54) is 54.0 Å². The van der Waals surface area contributed by atoms with Crippen LogP contribution in [0.5, 0.6) is 0 Å². The predicted molar refractivity (Wildman–Crippen MR) is 269 cm³/mol. The van der Waals surface area contributed by atoms with Gasteiger partial charge < -0.3 is 9.47 Å².